The first-order valence-corrected chi connectivity index (χ1v) is 6.47. The van der Waals surface area contributed by atoms with Crippen LogP contribution in [0.3, 0.4) is 0 Å². The second kappa shape index (κ2) is 6.52. The number of nitrogens with zero attached hydrogens (tertiary/aromatic N) is 1. The van der Waals surface area contributed by atoms with Crippen LogP contribution in [0.25, 0.3) is 0 Å². The number of rotatable bonds is 4. The number of hydrogen-bond acceptors (Lipinski definition) is 3. The number of benzene rings is 1. The van der Waals surface area contributed by atoms with Crippen LogP contribution in [0.15, 0.2) is 30.3 Å². The zero-order chi connectivity index (χ0) is 12.8. The average molecular weight is 248 g/mol. The lowest BCUT2D eigenvalue weighted by atomic mass is 10.2. The summed E-state index contributed by atoms with van der Waals surface area (Å²) in [6.45, 7) is 6.38. The van der Waals surface area contributed by atoms with Crippen molar-refractivity contribution in [2.24, 2.45) is 0 Å². The normalized spacial score (nSPS) is 20.6. The molecule has 18 heavy (non-hydrogen) atoms. The van der Waals surface area contributed by atoms with E-state index < -0.39 is 0 Å². The average Bonchev–Trinajstić information content (AvgIpc) is 2.46. The number of likely N-dealkylation sites (N-methyl/N-ethyl adjacent to an activating group) is 1. The van der Waals surface area contributed by atoms with Gasteiger partial charge in [-0.2, -0.15) is 0 Å². The minimum atomic E-state index is -0.0344. The van der Waals surface area contributed by atoms with Crippen molar-refractivity contribution in [3.05, 3.63) is 35.9 Å². The van der Waals surface area contributed by atoms with Crippen LogP contribution in [-0.4, -0.2) is 49.7 Å². The maximum atomic E-state index is 11.9. The Morgan fingerprint density at radius 3 is 2.94 bits per heavy atom. The van der Waals surface area contributed by atoms with Gasteiger partial charge >= 0.3 is 0 Å². The molecule has 1 fully saturated rings. The lowest BCUT2D eigenvalue weighted by molar-refractivity contribution is -0.0246. The molecule has 1 heterocycles. The van der Waals surface area contributed by atoms with Crippen molar-refractivity contribution in [2.75, 3.05) is 32.8 Å². The first-order chi connectivity index (χ1) is 8.79. The fourth-order valence-electron chi connectivity index (χ4n) is 2.09. The highest BCUT2D eigenvalue weighted by molar-refractivity contribution is 5.94. The van der Waals surface area contributed by atoms with Crippen LogP contribution < -0.4 is 5.32 Å². The quantitative estimate of drug-likeness (QED) is 0.868. The highest BCUT2D eigenvalue weighted by Crippen LogP contribution is 2.04. The van der Waals surface area contributed by atoms with Gasteiger partial charge in [0, 0.05) is 25.2 Å². The molecule has 1 aromatic rings. The highest BCUT2D eigenvalue weighted by Gasteiger charge is 2.19. The van der Waals surface area contributed by atoms with E-state index in [9.17, 15) is 4.79 Å². The molecular weight excluding hydrogens is 228 g/mol. The van der Waals surface area contributed by atoms with Gasteiger partial charge in [-0.25, -0.2) is 0 Å². The number of ether oxygens (including phenoxy) is 1. The van der Waals surface area contributed by atoms with Crippen LogP contribution in [0, 0.1) is 0 Å². The highest BCUT2D eigenvalue weighted by atomic mass is 16.5. The number of morpholine rings is 1. The van der Waals surface area contributed by atoms with Crippen molar-refractivity contribution in [1.82, 2.24) is 10.2 Å². The second-order valence-corrected chi connectivity index (χ2v) is 4.46. The molecule has 1 aliphatic rings. The zero-order valence-electron chi connectivity index (χ0n) is 10.8. The van der Waals surface area contributed by atoms with Crippen LogP contribution in [-0.2, 0) is 4.74 Å². The first kappa shape index (κ1) is 13.1. The van der Waals surface area contributed by atoms with Crippen molar-refractivity contribution in [2.45, 2.75) is 13.0 Å². The molecule has 0 aliphatic carbocycles. The van der Waals surface area contributed by atoms with Gasteiger partial charge in [0.05, 0.1) is 12.7 Å². The molecule has 1 amide bonds. The maximum absolute atomic E-state index is 11.9. The van der Waals surface area contributed by atoms with Crippen molar-refractivity contribution in [1.29, 1.82) is 0 Å². The number of carbonyl (C=O) groups excluding carboxylic acids is 1. The summed E-state index contributed by atoms with van der Waals surface area (Å²) in [7, 11) is 0. The van der Waals surface area contributed by atoms with E-state index in [1.807, 2.05) is 30.3 Å². The summed E-state index contributed by atoms with van der Waals surface area (Å²) in [6, 6.07) is 9.26. The number of carbonyl (C=O) groups is 1. The van der Waals surface area contributed by atoms with E-state index in [1.54, 1.807) is 0 Å². The van der Waals surface area contributed by atoms with Crippen LogP contribution in [0.4, 0.5) is 0 Å². The number of hydrogen-bond donors (Lipinski definition) is 1. The third-order valence-corrected chi connectivity index (χ3v) is 3.20. The first-order valence-electron chi connectivity index (χ1n) is 6.47. The fraction of sp³-hybridized carbons (Fsp3) is 0.500. The lowest BCUT2D eigenvalue weighted by Gasteiger charge is -2.32. The Balaban J connectivity index is 1.79. The maximum Gasteiger partial charge on any atom is 0.251 e. The van der Waals surface area contributed by atoms with Gasteiger partial charge in [0.15, 0.2) is 0 Å². The van der Waals surface area contributed by atoms with Crippen molar-refractivity contribution in [3.63, 3.8) is 0 Å². The molecule has 1 saturated heterocycles. The van der Waals surface area contributed by atoms with Crippen LogP contribution in [0.1, 0.15) is 17.3 Å². The molecule has 4 heteroatoms. The topological polar surface area (TPSA) is 41.6 Å². The summed E-state index contributed by atoms with van der Waals surface area (Å²) >= 11 is 0. The minimum Gasteiger partial charge on any atom is -0.374 e. The monoisotopic (exact) mass is 248 g/mol. The molecule has 0 spiro atoms. The van der Waals surface area contributed by atoms with E-state index in [0.717, 1.165) is 26.2 Å². The Kier molecular flexibility index (Phi) is 4.73. The predicted octanol–water partition coefficient (Wildman–Crippen LogP) is 1.14. The van der Waals surface area contributed by atoms with Gasteiger partial charge in [0.1, 0.15) is 0 Å². The van der Waals surface area contributed by atoms with E-state index in [0.29, 0.717) is 12.1 Å². The molecule has 1 N–H and O–H groups in total. The molecule has 0 aromatic heterocycles. The standard InChI is InChI=1S/C14H20N2O2/c1-2-16-8-9-18-13(11-16)10-15-14(17)12-6-4-3-5-7-12/h3-7,13H,2,8-11H2,1H3,(H,15,17). The second-order valence-electron chi connectivity index (χ2n) is 4.46. The molecule has 98 valence electrons. The Morgan fingerprint density at radius 1 is 1.44 bits per heavy atom. The van der Waals surface area contributed by atoms with E-state index in [4.69, 9.17) is 4.74 Å². The van der Waals surface area contributed by atoms with Crippen molar-refractivity contribution >= 4 is 5.91 Å². The van der Waals surface area contributed by atoms with Gasteiger partial charge in [-0.3, -0.25) is 9.69 Å². The van der Waals surface area contributed by atoms with E-state index in [-0.39, 0.29) is 12.0 Å². The molecule has 1 aliphatic heterocycles. The van der Waals surface area contributed by atoms with E-state index in [2.05, 4.69) is 17.1 Å². The van der Waals surface area contributed by atoms with Crippen LogP contribution in [0.2, 0.25) is 0 Å². The SMILES string of the molecule is CCN1CCOC(CNC(=O)c2ccccc2)C1. The number of amides is 1. The van der Waals surface area contributed by atoms with E-state index in [1.165, 1.54) is 0 Å². The molecule has 0 saturated carbocycles. The molecule has 0 radical (unpaired) electrons. The molecule has 1 unspecified atom stereocenters. The van der Waals surface area contributed by atoms with Gasteiger partial charge in [0.2, 0.25) is 0 Å². The summed E-state index contributed by atoms with van der Waals surface area (Å²) in [4.78, 5) is 14.2. The largest absolute Gasteiger partial charge is 0.374 e. The summed E-state index contributed by atoms with van der Waals surface area (Å²) < 4.78 is 5.64. The van der Waals surface area contributed by atoms with Crippen molar-refractivity contribution < 1.29 is 9.53 Å². The lowest BCUT2D eigenvalue weighted by Crippen LogP contribution is -2.47. The zero-order valence-corrected chi connectivity index (χ0v) is 10.8. The minimum absolute atomic E-state index is 0.0344. The van der Waals surface area contributed by atoms with Crippen molar-refractivity contribution in [3.8, 4) is 0 Å². The Hall–Kier alpha value is -1.39. The fourth-order valence-corrected chi connectivity index (χ4v) is 2.09. The molecule has 4 nitrogen and oxygen atoms in total. The van der Waals surface area contributed by atoms with Gasteiger partial charge in [-0.15, -0.1) is 0 Å². The van der Waals surface area contributed by atoms with Crippen LogP contribution >= 0.6 is 0 Å². The molecule has 0 bridgehead atoms. The molecular formula is C14H20N2O2. The summed E-state index contributed by atoms with van der Waals surface area (Å²) in [5.74, 6) is -0.0344. The smallest absolute Gasteiger partial charge is 0.251 e. The third-order valence-electron chi connectivity index (χ3n) is 3.20. The Morgan fingerprint density at radius 2 is 2.22 bits per heavy atom. The summed E-state index contributed by atoms with van der Waals surface area (Å²) in [5, 5.41) is 2.92. The van der Waals surface area contributed by atoms with Gasteiger partial charge < -0.3 is 10.1 Å². The summed E-state index contributed by atoms with van der Waals surface area (Å²) in [6.07, 6.45) is 0.103. The van der Waals surface area contributed by atoms with E-state index >= 15 is 0 Å². The molecule has 1 atom stereocenters. The van der Waals surface area contributed by atoms with Gasteiger partial charge in [-0.05, 0) is 18.7 Å². The third kappa shape index (κ3) is 3.55. The Labute approximate surface area is 108 Å². The predicted molar refractivity (Wildman–Crippen MR) is 70.6 cm³/mol. The summed E-state index contributed by atoms with van der Waals surface area (Å²) in [5.41, 5.74) is 0.695. The molecule has 1 aromatic carbocycles. The van der Waals surface area contributed by atoms with Gasteiger partial charge in [-0.1, -0.05) is 25.1 Å². The molecule has 2 rings (SSSR count). The van der Waals surface area contributed by atoms with Crippen LogP contribution in [0.5, 0.6) is 0 Å². The number of nitrogens with one attached hydrogen (secondary N) is 1. The Bertz CT molecular complexity index is 381. The van der Waals surface area contributed by atoms with Gasteiger partial charge in [0.25, 0.3) is 5.91 Å².